The van der Waals surface area contributed by atoms with Gasteiger partial charge in [0.2, 0.25) is 11.8 Å². The van der Waals surface area contributed by atoms with Crippen LogP contribution in [0.2, 0.25) is 0 Å². The molecule has 24 heavy (non-hydrogen) atoms. The monoisotopic (exact) mass is 332 g/mol. The Morgan fingerprint density at radius 2 is 1.50 bits per heavy atom. The van der Waals surface area contributed by atoms with Crippen LogP contribution in [0.4, 0.5) is 0 Å². The number of carbonyl (C=O) groups is 2. The van der Waals surface area contributed by atoms with Gasteiger partial charge in [-0.05, 0) is 31.9 Å². The first-order chi connectivity index (χ1) is 11.6. The second-order valence-corrected chi connectivity index (χ2v) is 6.28. The van der Waals surface area contributed by atoms with E-state index in [1.165, 1.54) is 5.56 Å². The van der Waals surface area contributed by atoms with Crippen LogP contribution in [0, 0.1) is 6.92 Å². The summed E-state index contributed by atoms with van der Waals surface area (Å²) in [5.74, 6) is 1.21. The standard InChI is InChI=1S/C19H28N2O3/c1-3-5-18(22)20-11-13-21(14-12-20)19(23)6-4-15-24-17-9-7-16(2)8-10-17/h7-10H,3-6,11-15H2,1-2H3. The van der Waals surface area contributed by atoms with E-state index in [1.54, 1.807) is 0 Å². The summed E-state index contributed by atoms with van der Waals surface area (Å²) in [5, 5.41) is 0. The molecule has 1 aromatic carbocycles. The fourth-order valence-electron chi connectivity index (χ4n) is 2.78. The lowest BCUT2D eigenvalue weighted by molar-refractivity contribution is -0.139. The van der Waals surface area contributed by atoms with Crippen molar-refractivity contribution in [3.63, 3.8) is 0 Å². The molecule has 0 spiro atoms. The molecule has 0 aromatic heterocycles. The van der Waals surface area contributed by atoms with Crippen molar-refractivity contribution in [2.45, 2.75) is 39.5 Å². The normalized spacial score (nSPS) is 14.6. The molecule has 2 rings (SSSR count). The fraction of sp³-hybridized carbons (Fsp3) is 0.579. The van der Waals surface area contributed by atoms with Crippen molar-refractivity contribution in [1.29, 1.82) is 0 Å². The number of benzene rings is 1. The van der Waals surface area contributed by atoms with Crippen LogP contribution in [0.5, 0.6) is 5.75 Å². The predicted octanol–water partition coefficient (Wildman–Crippen LogP) is 2.62. The largest absolute Gasteiger partial charge is 0.494 e. The van der Waals surface area contributed by atoms with E-state index in [0.717, 1.165) is 12.2 Å². The number of ether oxygens (including phenoxy) is 1. The van der Waals surface area contributed by atoms with Gasteiger partial charge in [-0.25, -0.2) is 0 Å². The van der Waals surface area contributed by atoms with E-state index < -0.39 is 0 Å². The minimum absolute atomic E-state index is 0.157. The highest BCUT2D eigenvalue weighted by Gasteiger charge is 2.23. The minimum atomic E-state index is 0.157. The number of amides is 2. The molecule has 1 saturated heterocycles. The zero-order valence-electron chi connectivity index (χ0n) is 14.8. The Kier molecular flexibility index (Phi) is 7.09. The lowest BCUT2D eigenvalue weighted by Crippen LogP contribution is -2.50. The quantitative estimate of drug-likeness (QED) is 0.721. The molecule has 132 valence electrons. The average Bonchev–Trinajstić information content (AvgIpc) is 2.60. The summed E-state index contributed by atoms with van der Waals surface area (Å²) < 4.78 is 5.65. The maximum atomic E-state index is 12.2. The van der Waals surface area contributed by atoms with E-state index >= 15 is 0 Å². The molecular weight excluding hydrogens is 304 g/mol. The lowest BCUT2D eigenvalue weighted by atomic mass is 10.2. The van der Waals surface area contributed by atoms with Crippen LogP contribution >= 0.6 is 0 Å². The van der Waals surface area contributed by atoms with Gasteiger partial charge in [0.1, 0.15) is 5.75 Å². The van der Waals surface area contributed by atoms with Gasteiger partial charge in [0.25, 0.3) is 0 Å². The molecule has 0 atom stereocenters. The van der Waals surface area contributed by atoms with E-state index in [9.17, 15) is 9.59 Å². The smallest absolute Gasteiger partial charge is 0.222 e. The summed E-state index contributed by atoms with van der Waals surface area (Å²) >= 11 is 0. The summed E-state index contributed by atoms with van der Waals surface area (Å²) in [4.78, 5) is 27.8. The molecule has 1 fully saturated rings. The molecule has 0 bridgehead atoms. The van der Waals surface area contributed by atoms with Gasteiger partial charge in [-0.15, -0.1) is 0 Å². The van der Waals surface area contributed by atoms with Gasteiger partial charge >= 0.3 is 0 Å². The molecular formula is C19H28N2O3. The third-order valence-electron chi connectivity index (χ3n) is 4.27. The van der Waals surface area contributed by atoms with Gasteiger partial charge < -0.3 is 14.5 Å². The Bertz CT molecular complexity index is 534. The van der Waals surface area contributed by atoms with E-state index in [-0.39, 0.29) is 11.8 Å². The highest BCUT2D eigenvalue weighted by Crippen LogP contribution is 2.12. The van der Waals surface area contributed by atoms with Crippen LogP contribution < -0.4 is 4.74 Å². The van der Waals surface area contributed by atoms with Crippen LogP contribution in [0.3, 0.4) is 0 Å². The summed E-state index contributed by atoms with van der Waals surface area (Å²) in [5.41, 5.74) is 1.20. The average molecular weight is 332 g/mol. The third kappa shape index (κ3) is 5.55. The number of rotatable bonds is 7. The SMILES string of the molecule is CCCC(=O)N1CCN(C(=O)CCCOc2ccc(C)cc2)CC1. The Labute approximate surface area is 144 Å². The number of nitrogens with zero attached hydrogens (tertiary/aromatic N) is 2. The minimum Gasteiger partial charge on any atom is -0.494 e. The van der Waals surface area contributed by atoms with Crippen LogP contribution in [-0.4, -0.2) is 54.4 Å². The van der Waals surface area contributed by atoms with Crippen molar-refractivity contribution in [3.05, 3.63) is 29.8 Å². The van der Waals surface area contributed by atoms with Crippen LogP contribution in [-0.2, 0) is 9.59 Å². The van der Waals surface area contributed by atoms with Crippen LogP contribution in [0.15, 0.2) is 24.3 Å². The molecule has 1 aromatic rings. The zero-order chi connectivity index (χ0) is 17.4. The Balaban J connectivity index is 1.63. The molecule has 1 aliphatic rings. The molecule has 1 heterocycles. The van der Waals surface area contributed by atoms with E-state index in [2.05, 4.69) is 0 Å². The Hall–Kier alpha value is -2.04. The summed E-state index contributed by atoms with van der Waals surface area (Å²) in [7, 11) is 0. The highest BCUT2D eigenvalue weighted by molar-refractivity contribution is 5.78. The van der Waals surface area contributed by atoms with E-state index in [4.69, 9.17) is 4.74 Å². The van der Waals surface area contributed by atoms with Crippen molar-refractivity contribution in [2.24, 2.45) is 0 Å². The molecule has 0 aliphatic carbocycles. The highest BCUT2D eigenvalue weighted by atomic mass is 16.5. The Morgan fingerprint density at radius 1 is 0.958 bits per heavy atom. The van der Waals surface area contributed by atoms with E-state index in [0.29, 0.717) is 52.0 Å². The molecule has 0 N–H and O–H groups in total. The molecule has 0 radical (unpaired) electrons. The van der Waals surface area contributed by atoms with Crippen molar-refractivity contribution in [2.75, 3.05) is 32.8 Å². The third-order valence-corrected chi connectivity index (χ3v) is 4.27. The molecule has 5 heteroatoms. The van der Waals surface area contributed by atoms with Crippen LogP contribution in [0.25, 0.3) is 0 Å². The predicted molar refractivity (Wildman–Crippen MR) is 94.0 cm³/mol. The molecule has 0 saturated carbocycles. The Morgan fingerprint density at radius 3 is 2.04 bits per heavy atom. The van der Waals surface area contributed by atoms with Crippen molar-refractivity contribution < 1.29 is 14.3 Å². The number of hydrogen-bond acceptors (Lipinski definition) is 3. The zero-order valence-corrected chi connectivity index (χ0v) is 14.8. The van der Waals surface area contributed by atoms with Crippen molar-refractivity contribution >= 4 is 11.8 Å². The van der Waals surface area contributed by atoms with Crippen molar-refractivity contribution in [1.82, 2.24) is 9.80 Å². The van der Waals surface area contributed by atoms with Gasteiger partial charge in [0, 0.05) is 39.0 Å². The van der Waals surface area contributed by atoms with Gasteiger partial charge in [-0.1, -0.05) is 24.6 Å². The summed E-state index contributed by atoms with van der Waals surface area (Å²) in [6.45, 7) is 7.20. The topological polar surface area (TPSA) is 49.9 Å². The number of hydrogen-bond donors (Lipinski definition) is 0. The molecule has 1 aliphatic heterocycles. The number of piperazine rings is 1. The second-order valence-electron chi connectivity index (χ2n) is 6.28. The van der Waals surface area contributed by atoms with Gasteiger partial charge in [-0.2, -0.15) is 0 Å². The first-order valence-corrected chi connectivity index (χ1v) is 8.85. The van der Waals surface area contributed by atoms with Gasteiger partial charge in [0.05, 0.1) is 6.61 Å². The molecule has 0 unspecified atom stereocenters. The van der Waals surface area contributed by atoms with Gasteiger partial charge in [-0.3, -0.25) is 9.59 Å². The summed E-state index contributed by atoms with van der Waals surface area (Å²) in [6, 6.07) is 7.92. The molecule has 5 nitrogen and oxygen atoms in total. The summed E-state index contributed by atoms with van der Waals surface area (Å²) in [6.07, 6.45) is 2.68. The van der Waals surface area contributed by atoms with E-state index in [1.807, 2.05) is 47.9 Å². The lowest BCUT2D eigenvalue weighted by Gasteiger charge is -2.35. The first kappa shape index (κ1) is 18.3. The fourth-order valence-corrected chi connectivity index (χ4v) is 2.78. The maximum absolute atomic E-state index is 12.2. The molecule has 2 amide bonds. The first-order valence-electron chi connectivity index (χ1n) is 8.85. The van der Waals surface area contributed by atoms with Crippen molar-refractivity contribution in [3.8, 4) is 5.75 Å². The van der Waals surface area contributed by atoms with Crippen LogP contribution in [0.1, 0.15) is 38.2 Å². The second kappa shape index (κ2) is 9.30. The maximum Gasteiger partial charge on any atom is 0.222 e. The van der Waals surface area contributed by atoms with Gasteiger partial charge in [0.15, 0.2) is 0 Å². The number of aryl methyl sites for hydroxylation is 1. The number of carbonyl (C=O) groups excluding carboxylic acids is 2.